The minimum absolute atomic E-state index is 0.139. The summed E-state index contributed by atoms with van der Waals surface area (Å²) >= 11 is 0. The van der Waals surface area contributed by atoms with Gasteiger partial charge < -0.3 is 15.5 Å². The van der Waals surface area contributed by atoms with Crippen LogP contribution in [0, 0.1) is 19.8 Å². The Morgan fingerprint density at radius 1 is 1.41 bits per heavy atom. The van der Waals surface area contributed by atoms with E-state index in [0.29, 0.717) is 11.6 Å². The van der Waals surface area contributed by atoms with Gasteiger partial charge >= 0.3 is 0 Å². The Balaban J connectivity index is 2.17. The zero-order chi connectivity index (χ0) is 16.3. The van der Waals surface area contributed by atoms with Crippen molar-refractivity contribution in [2.24, 2.45) is 11.7 Å². The SMILES string of the molecule is CCC(C)C(N)C(=O)Nc1cccc(-c2nc(C)c(C)o2)c1. The minimum atomic E-state index is -0.514. The molecule has 0 spiro atoms. The first-order valence-corrected chi connectivity index (χ1v) is 7.53. The fraction of sp³-hybridized carbons (Fsp3) is 0.412. The summed E-state index contributed by atoms with van der Waals surface area (Å²) in [4.78, 5) is 16.5. The van der Waals surface area contributed by atoms with Gasteiger partial charge in [-0.25, -0.2) is 4.98 Å². The first kappa shape index (κ1) is 16.2. The molecule has 0 aliphatic heterocycles. The molecule has 0 bridgehead atoms. The van der Waals surface area contributed by atoms with Gasteiger partial charge in [0.15, 0.2) is 0 Å². The molecular weight excluding hydrogens is 278 g/mol. The van der Waals surface area contributed by atoms with E-state index >= 15 is 0 Å². The third kappa shape index (κ3) is 3.54. The van der Waals surface area contributed by atoms with Crippen molar-refractivity contribution in [3.63, 3.8) is 0 Å². The normalized spacial score (nSPS) is 13.7. The second-order valence-electron chi connectivity index (χ2n) is 5.64. The Hall–Kier alpha value is -2.14. The van der Waals surface area contributed by atoms with E-state index in [1.807, 2.05) is 52.0 Å². The molecule has 2 unspecified atom stereocenters. The van der Waals surface area contributed by atoms with Crippen LogP contribution in [0.15, 0.2) is 28.7 Å². The molecule has 0 radical (unpaired) electrons. The number of aromatic nitrogens is 1. The van der Waals surface area contributed by atoms with Crippen LogP contribution < -0.4 is 11.1 Å². The molecule has 0 saturated heterocycles. The highest BCUT2D eigenvalue weighted by molar-refractivity contribution is 5.95. The quantitative estimate of drug-likeness (QED) is 0.888. The highest BCUT2D eigenvalue weighted by Crippen LogP contribution is 2.24. The molecule has 1 aromatic carbocycles. The van der Waals surface area contributed by atoms with Crippen LogP contribution in [0.2, 0.25) is 0 Å². The Labute approximate surface area is 130 Å². The van der Waals surface area contributed by atoms with E-state index < -0.39 is 6.04 Å². The molecule has 1 aromatic heterocycles. The molecule has 0 saturated carbocycles. The van der Waals surface area contributed by atoms with Gasteiger partial charge in [0.25, 0.3) is 0 Å². The number of aryl methyl sites for hydroxylation is 2. The van der Waals surface area contributed by atoms with Crippen molar-refractivity contribution in [2.75, 3.05) is 5.32 Å². The number of anilines is 1. The highest BCUT2D eigenvalue weighted by atomic mass is 16.4. The van der Waals surface area contributed by atoms with Crippen molar-refractivity contribution in [1.82, 2.24) is 4.98 Å². The summed E-state index contributed by atoms with van der Waals surface area (Å²) in [6.45, 7) is 7.77. The second-order valence-corrected chi connectivity index (χ2v) is 5.64. The number of nitrogens with zero attached hydrogens (tertiary/aromatic N) is 1. The van der Waals surface area contributed by atoms with Gasteiger partial charge in [0, 0.05) is 11.3 Å². The van der Waals surface area contributed by atoms with E-state index in [9.17, 15) is 4.79 Å². The molecule has 2 atom stereocenters. The van der Waals surface area contributed by atoms with Gasteiger partial charge in [-0.15, -0.1) is 0 Å². The Kier molecular flexibility index (Phi) is 4.98. The van der Waals surface area contributed by atoms with Crippen LogP contribution >= 0.6 is 0 Å². The molecule has 1 amide bonds. The zero-order valence-electron chi connectivity index (χ0n) is 13.5. The molecule has 118 valence electrons. The molecule has 0 fully saturated rings. The monoisotopic (exact) mass is 301 g/mol. The number of oxazole rings is 1. The molecule has 5 nitrogen and oxygen atoms in total. The third-order valence-electron chi connectivity index (χ3n) is 3.97. The van der Waals surface area contributed by atoms with Crippen molar-refractivity contribution in [1.29, 1.82) is 0 Å². The minimum Gasteiger partial charge on any atom is -0.441 e. The number of nitrogens with two attached hydrogens (primary N) is 1. The smallest absolute Gasteiger partial charge is 0.241 e. The average Bonchev–Trinajstić information content (AvgIpc) is 2.85. The maximum atomic E-state index is 12.1. The molecule has 0 aliphatic carbocycles. The molecule has 5 heteroatoms. The zero-order valence-corrected chi connectivity index (χ0v) is 13.5. The van der Waals surface area contributed by atoms with Crippen LogP contribution in [-0.4, -0.2) is 16.9 Å². The average molecular weight is 301 g/mol. The lowest BCUT2D eigenvalue weighted by Gasteiger charge is -2.17. The first-order chi connectivity index (χ1) is 10.4. The maximum Gasteiger partial charge on any atom is 0.241 e. The summed E-state index contributed by atoms with van der Waals surface area (Å²) in [5, 5.41) is 2.86. The summed E-state index contributed by atoms with van der Waals surface area (Å²) < 4.78 is 5.61. The van der Waals surface area contributed by atoms with Crippen LogP contribution in [0.1, 0.15) is 31.7 Å². The van der Waals surface area contributed by atoms with Gasteiger partial charge in [-0.1, -0.05) is 26.3 Å². The predicted octanol–water partition coefficient (Wildman–Crippen LogP) is 3.27. The van der Waals surface area contributed by atoms with E-state index in [0.717, 1.165) is 23.4 Å². The lowest BCUT2D eigenvalue weighted by molar-refractivity contribution is -0.118. The standard InChI is InChI=1S/C17H23N3O2/c1-5-10(2)15(18)16(21)20-14-8-6-7-13(9-14)17-19-11(3)12(4)22-17/h6-10,15H,5,18H2,1-4H3,(H,20,21). The summed E-state index contributed by atoms with van der Waals surface area (Å²) in [6, 6.07) is 6.91. The van der Waals surface area contributed by atoms with Crippen LogP contribution in [0.4, 0.5) is 5.69 Å². The predicted molar refractivity (Wildman–Crippen MR) is 87.5 cm³/mol. The van der Waals surface area contributed by atoms with Crippen LogP contribution in [0.3, 0.4) is 0 Å². The summed E-state index contributed by atoms with van der Waals surface area (Å²) in [5.74, 6) is 1.31. The van der Waals surface area contributed by atoms with Crippen molar-refractivity contribution in [2.45, 2.75) is 40.2 Å². The highest BCUT2D eigenvalue weighted by Gasteiger charge is 2.19. The number of carbonyl (C=O) groups is 1. The van der Waals surface area contributed by atoms with Gasteiger partial charge in [-0.2, -0.15) is 0 Å². The number of rotatable bonds is 5. The summed E-state index contributed by atoms with van der Waals surface area (Å²) in [5.41, 5.74) is 8.33. The fourth-order valence-electron chi connectivity index (χ4n) is 2.06. The summed E-state index contributed by atoms with van der Waals surface area (Å²) in [7, 11) is 0. The van der Waals surface area contributed by atoms with E-state index in [2.05, 4.69) is 10.3 Å². The van der Waals surface area contributed by atoms with Gasteiger partial charge in [-0.3, -0.25) is 4.79 Å². The van der Waals surface area contributed by atoms with Crippen molar-refractivity contribution in [3.05, 3.63) is 35.7 Å². The molecule has 0 aliphatic rings. The molecule has 2 aromatic rings. The largest absolute Gasteiger partial charge is 0.441 e. The van der Waals surface area contributed by atoms with Crippen LogP contribution in [0.5, 0.6) is 0 Å². The van der Waals surface area contributed by atoms with Gasteiger partial charge in [0.1, 0.15) is 5.76 Å². The van der Waals surface area contributed by atoms with E-state index in [1.54, 1.807) is 0 Å². The van der Waals surface area contributed by atoms with Crippen molar-refractivity contribution in [3.8, 4) is 11.5 Å². The number of carbonyl (C=O) groups excluding carboxylic acids is 1. The van der Waals surface area contributed by atoms with Crippen molar-refractivity contribution < 1.29 is 9.21 Å². The van der Waals surface area contributed by atoms with E-state index in [1.165, 1.54) is 0 Å². The number of amides is 1. The second kappa shape index (κ2) is 6.75. The first-order valence-electron chi connectivity index (χ1n) is 7.53. The molecular formula is C17H23N3O2. The van der Waals surface area contributed by atoms with Crippen LogP contribution in [0.25, 0.3) is 11.5 Å². The molecule has 22 heavy (non-hydrogen) atoms. The third-order valence-corrected chi connectivity index (χ3v) is 3.97. The van der Waals surface area contributed by atoms with E-state index in [4.69, 9.17) is 10.2 Å². The lowest BCUT2D eigenvalue weighted by atomic mass is 9.99. The van der Waals surface area contributed by atoms with Gasteiger partial charge in [-0.05, 0) is 38.0 Å². The number of hydrogen-bond donors (Lipinski definition) is 2. The fourth-order valence-corrected chi connectivity index (χ4v) is 2.06. The number of hydrogen-bond acceptors (Lipinski definition) is 4. The Morgan fingerprint density at radius 3 is 2.73 bits per heavy atom. The van der Waals surface area contributed by atoms with Gasteiger partial charge in [0.2, 0.25) is 11.8 Å². The van der Waals surface area contributed by atoms with Gasteiger partial charge in [0.05, 0.1) is 11.7 Å². The Morgan fingerprint density at radius 2 is 2.14 bits per heavy atom. The lowest BCUT2D eigenvalue weighted by Crippen LogP contribution is -2.40. The topological polar surface area (TPSA) is 81.2 Å². The van der Waals surface area contributed by atoms with Crippen LogP contribution in [-0.2, 0) is 4.79 Å². The number of benzene rings is 1. The molecule has 2 rings (SSSR count). The molecule has 3 N–H and O–H groups in total. The molecule has 1 heterocycles. The Bertz CT molecular complexity index is 644. The van der Waals surface area contributed by atoms with Crippen molar-refractivity contribution >= 4 is 11.6 Å². The summed E-state index contributed by atoms with van der Waals surface area (Å²) in [6.07, 6.45) is 0.865. The van der Waals surface area contributed by atoms with E-state index in [-0.39, 0.29) is 11.8 Å². The number of nitrogens with one attached hydrogen (secondary N) is 1. The maximum absolute atomic E-state index is 12.1.